The van der Waals surface area contributed by atoms with Crippen LogP contribution in [-0.4, -0.2) is 47.1 Å². The van der Waals surface area contributed by atoms with Gasteiger partial charge in [-0.15, -0.1) is 0 Å². The van der Waals surface area contributed by atoms with Crippen molar-refractivity contribution in [3.63, 3.8) is 0 Å². The van der Waals surface area contributed by atoms with Crippen molar-refractivity contribution in [3.8, 4) is 17.2 Å². The zero-order valence-electron chi connectivity index (χ0n) is 18.2. The third-order valence-corrected chi connectivity index (χ3v) is 5.73. The largest absolute Gasteiger partial charge is 0.493 e. The summed E-state index contributed by atoms with van der Waals surface area (Å²) in [7, 11) is 7.21. The third-order valence-electron chi connectivity index (χ3n) is 4.93. The first kappa shape index (κ1) is 23.1. The van der Waals surface area contributed by atoms with E-state index >= 15 is 0 Å². The number of nitrogens with zero attached hydrogens (tertiary/aromatic N) is 4. The van der Waals surface area contributed by atoms with E-state index < -0.39 is 0 Å². The molecule has 0 saturated heterocycles. The second-order valence-corrected chi connectivity index (χ2v) is 7.91. The summed E-state index contributed by atoms with van der Waals surface area (Å²) >= 11 is 11.7. The summed E-state index contributed by atoms with van der Waals surface area (Å²) in [6.07, 6.45) is 0.861. The van der Waals surface area contributed by atoms with Crippen LogP contribution in [0.5, 0.6) is 17.2 Å². The van der Waals surface area contributed by atoms with Gasteiger partial charge in [-0.05, 0) is 55.5 Å². The Kier molecular flexibility index (Phi) is 7.95. The summed E-state index contributed by atoms with van der Waals surface area (Å²) in [4.78, 5) is 2.16. The van der Waals surface area contributed by atoms with Crippen LogP contribution in [0, 0.1) is 4.77 Å². The Morgan fingerprint density at radius 1 is 1.06 bits per heavy atom. The molecule has 0 unspecified atom stereocenters. The Morgan fingerprint density at radius 3 is 2.52 bits per heavy atom. The third kappa shape index (κ3) is 5.78. The zero-order chi connectivity index (χ0) is 22.4. The molecule has 2 aromatic carbocycles. The van der Waals surface area contributed by atoms with Crippen molar-refractivity contribution in [1.29, 1.82) is 0 Å². The summed E-state index contributed by atoms with van der Waals surface area (Å²) in [5, 5.41) is 5.20. The number of aromatic nitrogens is 3. The number of ether oxygens (including phenoxy) is 3. The molecule has 0 amide bonds. The standard InChI is InChI=1S/C22H27ClN4O3S/c1-25(12-11-16-9-10-19(28-3)20(13-16)29-4)15-27-22(31)26(2)21(24-27)14-30-18-8-6-5-7-17(18)23/h5-10,13H,11-12,14-15H2,1-4H3. The Morgan fingerprint density at radius 2 is 1.81 bits per heavy atom. The van der Waals surface area contributed by atoms with Crippen LogP contribution in [-0.2, 0) is 26.7 Å². The minimum atomic E-state index is 0.284. The van der Waals surface area contributed by atoms with Gasteiger partial charge in [0.25, 0.3) is 0 Å². The van der Waals surface area contributed by atoms with E-state index in [9.17, 15) is 0 Å². The SMILES string of the molecule is COc1ccc(CCN(C)Cn2nc(COc3ccccc3Cl)n(C)c2=S)cc1OC. The van der Waals surface area contributed by atoms with Gasteiger partial charge in [0.15, 0.2) is 22.1 Å². The molecule has 166 valence electrons. The number of benzene rings is 2. The van der Waals surface area contributed by atoms with E-state index in [0.717, 1.165) is 30.3 Å². The van der Waals surface area contributed by atoms with Crippen LogP contribution in [0.2, 0.25) is 5.02 Å². The smallest absolute Gasteiger partial charge is 0.198 e. The molecule has 31 heavy (non-hydrogen) atoms. The van der Waals surface area contributed by atoms with E-state index in [-0.39, 0.29) is 6.61 Å². The van der Waals surface area contributed by atoms with Gasteiger partial charge in [-0.3, -0.25) is 4.90 Å². The molecule has 0 aliphatic heterocycles. The summed E-state index contributed by atoms with van der Waals surface area (Å²) in [6.45, 7) is 1.69. The van der Waals surface area contributed by atoms with Crippen molar-refractivity contribution in [2.45, 2.75) is 19.7 Å². The maximum absolute atomic E-state index is 6.16. The lowest BCUT2D eigenvalue weighted by molar-refractivity contribution is 0.250. The maximum Gasteiger partial charge on any atom is 0.198 e. The summed E-state index contributed by atoms with van der Waals surface area (Å²) in [5.74, 6) is 2.82. The van der Waals surface area contributed by atoms with Crippen molar-refractivity contribution >= 4 is 23.8 Å². The highest BCUT2D eigenvalue weighted by Gasteiger charge is 2.12. The van der Waals surface area contributed by atoms with E-state index in [1.165, 1.54) is 5.56 Å². The van der Waals surface area contributed by atoms with Gasteiger partial charge in [0, 0.05) is 13.6 Å². The second kappa shape index (κ2) is 10.7. The van der Waals surface area contributed by atoms with E-state index in [1.807, 2.05) is 55.1 Å². The van der Waals surface area contributed by atoms with Crippen molar-refractivity contribution in [2.75, 3.05) is 27.8 Å². The summed E-state index contributed by atoms with van der Waals surface area (Å²) < 4.78 is 20.8. The van der Waals surface area contributed by atoms with E-state index in [4.69, 9.17) is 38.0 Å². The van der Waals surface area contributed by atoms with Gasteiger partial charge >= 0.3 is 0 Å². The van der Waals surface area contributed by atoms with Gasteiger partial charge < -0.3 is 18.8 Å². The van der Waals surface area contributed by atoms with Gasteiger partial charge in [0.05, 0.1) is 25.9 Å². The van der Waals surface area contributed by atoms with Crippen LogP contribution in [0.3, 0.4) is 0 Å². The van der Waals surface area contributed by atoms with Gasteiger partial charge in [-0.1, -0.05) is 29.8 Å². The normalized spacial score (nSPS) is 11.0. The lowest BCUT2D eigenvalue weighted by atomic mass is 10.1. The van der Waals surface area contributed by atoms with Crippen LogP contribution < -0.4 is 14.2 Å². The van der Waals surface area contributed by atoms with Gasteiger partial charge in [0.2, 0.25) is 0 Å². The fourth-order valence-electron chi connectivity index (χ4n) is 3.11. The average Bonchev–Trinajstić information content (AvgIpc) is 3.04. The first-order chi connectivity index (χ1) is 14.9. The minimum Gasteiger partial charge on any atom is -0.493 e. The second-order valence-electron chi connectivity index (χ2n) is 7.14. The molecular weight excluding hydrogens is 436 g/mol. The zero-order valence-corrected chi connectivity index (χ0v) is 19.7. The van der Waals surface area contributed by atoms with Crippen LogP contribution in [0.1, 0.15) is 11.4 Å². The maximum atomic E-state index is 6.16. The first-order valence-corrected chi connectivity index (χ1v) is 10.6. The molecule has 0 atom stereocenters. The van der Waals surface area contributed by atoms with Gasteiger partial charge in [-0.2, -0.15) is 5.10 Å². The minimum absolute atomic E-state index is 0.284. The summed E-state index contributed by atoms with van der Waals surface area (Å²) in [5.41, 5.74) is 1.17. The fraction of sp³-hybridized carbons (Fsp3) is 0.364. The summed E-state index contributed by atoms with van der Waals surface area (Å²) in [6, 6.07) is 13.3. The Labute approximate surface area is 192 Å². The molecule has 9 heteroatoms. The van der Waals surface area contributed by atoms with Gasteiger partial charge in [0.1, 0.15) is 12.4 Å². The van der Waals surface area contributed by atoms with Crippen LogP contribution in [0.4, 0.5) is 0 Å². The topological polar surface area (TPSA) is 53.7 Å². The predicted octanol–water partition coefficient (Wildman–Crippen LogP) is 4.33. The van der Waals surface area contributed by atoms with E-state index in [0.29, 0.717) is 22.2 Å². The number of hydrogen-bond donors (Lipinski definition) is 0. The quantitative estimate of drug-likeness (QED) is 0.418. The molecule has 0 saturated carbocycles. The van der Waals surface area contributed by atoms with Crippen molar-refractivity contribution in [1.82, 2.24) is 19.2 Å². The van der Waals surface area contributed by atoms with E-state index in [2.05, 4.69) is 10.00 Å². The fourth-order valence-corrected chi connectivity index (χ4v) is 3.50. The molecule has 0 N–H and O–H groups in total. The highest BCUT2D eigenvalue weighted by atomic mass is 35.5. The molecule has 0 spiro atoms. The molecular formula is C22H27ClN4O3S. The molecule has 1 aromatic heterocycles. The van der Waals surface area contributed by atoms with Crippen molar-refractivity contribution in [3.05, 3.63) is 63.6 Å². The monoisotopic (exact) mass is 462 g/mol. The van der Waals surface area contributed by atoms with Crippen LogP contribution in [0.15, 0.2) is 42.5 Å². The van der Waals surface area contributed by atoms with Crippen molar-refractivity contribution in [2.24, 2.45) is 7.05 Å². The number of halogens is 1. The highest BCUT2D eigenvalue weighted by molar-refractivity contribution is 7.71. The lowest BCUT2D eigenvalue weighted by Crippen LogP contribution is -2.25. The highest BCUT2D eigenvalue weighted by Crippen LogP contribution is 2.27. The molecule has 0 fully saturated rings. The molecule has 3 aromatic rings. The number of rotatable bonds is 10. The van der Waals surface area contributed by atoms with E-state index in [1.54, 1.807) is 25.0 Å². The average molecular weight is 463 g/mol. The first-order valence-electron chi connectivity index (χ1n) is 9.82. The predicted molar refractivity (Wildman–Crippen MR) is 124 cm³/mol. The number of likely N-dealkylation sites (N-methyl/N-ethyl adjacent to an activating group) is 1. The van der Waals surface area contributed by atoms with Crippen LogP contribution in [0.25, 0.3) is 0 Å². The lowest BCUT2D eigenvalue weighted by Gasteiger charge is -2.17. The Bertz CT molecular complexity index is 1080. The molecule has 0 radical (unpaired) electrons. The van der Waals surface area contributed by atoms with Crippen LogP contribution >= 0.6 is 23.8 Å². The Balaban J connectivity index is 1.60. The molecule has 0 aliphatic rings. The number of para-hydroxylation sites is 1. The molecule has 0 bridgehead atoms. The Hall–Kier alpha value is -2.55. The molecule has 0 aliphatic carbocycles. The van der Waals surface area contributed by atoms with Crippen molar-refractivity contribution < 1.29 is 14.2 Å². The molecule has 3 rings (SSSR count). The number of hydrogen-bond acceptors (Lipinski definition) is 6. The molecule has 7 nitrogen and oxygen atoms in total. The van der Waals surface area contributed by atoms with Gasteiger partial charge in [-0.25, -0.2) is 4.68 Å². The number of methoxy groups -OCH3 is 2. The molecule has 1 heterocycles.